The minimum Gasteiger partial charge on any atom is -0.489 e. The normalized spacial score (nSPS) is 15.1. The number of likely N-dealkylation sites (N-methyl/N-ethyl adjacent to an activating group) is 1. The van der Waals surface area contributed by atoms with Crippen molar-refractivity contribution in [2.75, 3.05) is 18.6 Å². The van der Waals surface area contributed by atoms with Crippen LogP contribution in [0.15, 0.2) is 48.7 Å². The minimum absolute atomic E-state index is 0.0233. The number of carbonyl (C=O) groups excluding carboxylic acids is 2. The number of nitrogens with one attached hydrogen (secondary N) is 1. The van der Waals surface area contributed by atoms with Crippen molar-refractivity contribution in [1.82, 2.24) is 15.3 Å². The van der Waals surface area contributed by atoms with Gasteiger partial charge in [0.1, 0.15) is 29.7 Å². The Morgan fingerprint density at radius 3 is 2.73 bits per heavy atom. The average Bonchev–Trinajstić information content (AvgIpc) is 2.96. The van der Waals surface area contributed by atoms with Crippen LogP contribution in [-0.4, -0.2) is 52.2 Å². The molecule has 1 atom stereocenters. The predicted octanol–water partition coefficient (Wildman–Crippen LogP) is 2.96. The van der Waals surface area contributed by atoms with Crippen LogP contribution in [0.4, 0.5) is 5.69 Å². The first-order valence-electron chi connectivity index (χ1n) is 12.0. The van der Waals surface area contributed by atoms with Crippen LogP contribution in [0, 0.1) is 25.7 Å². The van der Waals surface area contributed by atoms with Gasteiger partial charge in [-0.1, -0.05) is 17.9 Å². The van der Waals surface area contributed by atoms with E-state index in [0.717, 1.165) is 22.5 Å². The second-order valence-electron chi connectivity index (χ2n) is 9.65. The smallest absolute Gasteiger partial charge is 0.270 e. The number of nitrogens with zero attached hydrogens (tertiary/aromatic N) is 3. The van der Waals surface area contributed by atoms with Crippen molar-refractivity contribution in [3.8, 4) is 17.6 Å². The summed E-state index contributed by atoms with van der Waals surface area (Å²) < 4.78 is 5.86. The first-order chi connectivity index (χ1) is 17.5. The summed E-state index contributed by atoms with van der Waals surface area (Å²) in [7, 11) is 1.62. The highest BCUT2D eigenvalue weighted by Crippen LogP contribution is 2.31. The molecule has 190 valence electrons. The van der Waals surface area contributed by atoms with Crippen molar-refractivity contribution in [2.45, 2.75) is 45.8 Å². The Morgan fingerprint density at radius 2 is 2.00 bits per heavy atom. The van der Waals surface area contributed by atoms with Gasteiger partial charge in [0.05, 0.1) is 5.69 Å². The first kappa shape index (κ1) is 25.9. The van der Waals surface area contributed by atoms with Crippen molar-refractivity contribution < 1.29 is 19.4 Å². The number of hydrogen-bond donors (Lipinski definition) is 2. The number of aromatic nitrogens is 2. The van der Waals surface area contributed by atoms with E-state index in [4.69, 9.17) is 4.74 Å². The first-order valence-corrected chi connectivity index (χ1v) is 12.0. The lowest BCUT2D eigenvalue weighted by Crippen LogP contribution is -2.49. The maximum atomic E-state index is 13.2. The zero-order chi connectivity index (χ0) is 26.7. The largest absolute Gasteiger partial charge is 0.489 e. The average molecular weight is 499 g/mol. The molecular weight excluding hydrogens is 468 g/mol. The Kier molecular flexibility index (Phi) is 7.28. The molecule has 8 heteroatoms. The lowest BCUT2D eigenvalue weighted by molar-refractivity contribution is -0.120. The summed E-state index contributed by atoms with van der Waals surface area (Å²) in [6, 6.07) is 11.9. The maximum absolute atomic E-state index is 13.2. The fourth-order valence-corrected chi connectivity index (χ4v) is 3.97. The molecular formula is C29H30N4O4. The van der Waals surface area contributed by atoms with Gasteiger partial charge in [0, 0.05) is 30.2 Å². The Balaban J connectivity index is 1.49. The summed E-state index contributed by atoms with van der Waals surface area (Å²) in [4.78, 5) is 36.4. The third-order valence-electron chi connectivity index (χ3n) is 5.96. The van der Waals surface area contributed by atoms with Crippen LogP contribution < -0.4 is 15.0 Å². The summed E-state index contributed by atoms with van der Waals surface area (Å²) in [5.41, 5.74) is 4.14. The zero-order valence-corrected chi connectivity index (χ0v) is 21.6. The van der Waals surface area contributed by atoms with Crippen molar-refractivity contribution in [3.63, 3.8) is 0 Å². The highest BCUT2D eigenvalue weighted by molar-refractivity contribution is 6.03. The minimum atomic E-state index is -1.14. The van der Waals surface area contributed by atoms with Gasteiger partial charge in [-0.05, 0) is 81.6 Å². The van der Waals surface area contributed by atoms with E-state index in [9.17, 15) is 14.7 Å². The van der Waals surface area contributed by atoms with Gasteiger partial charge >= 0.3 is 0 Å². The number of amides is 2. The SMILES string of the molecule is Cc1ccc(Cc2ccnc(C(=O)NC3COc4ccc(C#CC(C)(C)O)cc4N(C)C3=O)c2)c(C)n1. The van der Waals surface area contributed by atoms with E-state index in [1.807, 2.05) is 32.0 Å². The molecule has 0 spiro atoms. The molecule has 2 amide bonds. The maximum Gasteiger partial charge on any atom is 0.270 e. The summed E-state index contributed by atoms with van der Waals surface area (Å²) in [6.45, 7) is 7.09. The molecule has 37 heavy (non-hydrogen) atoms. The van der Waals surface area contributed by atoms with Gasteiger partial charge in [-0.25, -0.2) is 0 Å². The molecule has 0 radical (unpaired) electrons. The highest BCUT2D eigenvalue weighted by Gasteiger charge is 2.31. The predicted molar refractivity (Wildman–Crippen MR) is 141 cm³/mol. The summed E-state index contributed by atoms with van der Waals surface area (Å²) in [5.74, 6) is 5.39. The van der Waals surface area contributed by atoms with E-state index >= 15 is 0 Å². The quantitative estimate of drug-likeness (QED) is 0.536. The van der Waals surface area contributed by atoms with Crippen LogP contribution in [-0.2, 0) is 11.2 Å². The van der Waals surface area contributed by atoms with Crippen molar-refractivity contribution in [3.05, 3.63) is 82.4 Å². The van der Waals surface area contributed by atoms with Crippen LogP contribution in [0.1, 0.15) is 52.4 Å². The Bertz CT molecular complexity index is 1420. The molecule has 1 aromatic carbocycles. The van der Waals surface area contributed by atoms with Crippen molar-refractivity contribution in [1.29, 1.82) is 0 Å². The topological polar surface area (TPSA) is 105 Å². The lowest BCUT2D eigenvalue weighted by Gasteiger charge is -2.20. The monoisotopic (exact) mass is 498 g/mol. The number of aliphatic hydroxyl groups is 1. The number of aryl methyl sites for hydroxylation is 2. The number of benzene rings is 1. The molecule has 1 aliphatic heterocycles. The molecule has 1 unspecified atom stereocenters. The fourth-order valence-electron chi connectivity index (χ4n) is 3.97. The molecule has 2 N–H and O–H groups in total. The number of carbonyl (C=O) groups is 2. The van der Waals surface area contributed by atoms with Gasteiger partial charge < -0.3 is 20.1 Å². The van der Waals surface area contributed by atoms with E-state index in [2.05, 4.69) is 27.1 Å². The number of rotatable bonds is 4. The second-order valence-corrected chi connectivity index (χ2v) is 9.65. The molecule has 0 saturated heterocycles. The van der Waals surface area contributed by atoms with Crippen molar-refractivity contribution >= 4 is 17.5 Å². The molecule has 8 nitrogen and oxygen atoms in total. The fraction of sp³-hybridized carbons (Fsp3) is 0.310. The van der Waals surface area contributed by atoms with Crippen LogP contribution in [0.5, 0.6) is 5.75 Å². The number of fused-ring (bicyclic) bond motifs is 1. The zero-order valence-electron chi connectivity index (χ0n) is 21.6. The van der Waals surface area contributed by atoms with Gasteiger partial charge in [0.2, 0.25) is 0 Å². The van der Waals surface area contributed by atoms with Gasteiger partial charge in [-0.15, -0.1) is 0 Å². The van der Waals surface area contributed by atoms with Crippen LogP contribution in [0.25, 0.3) is 0 Å². The summed E-state index contributed by atoms with van der Waals surface area (Å²) >= 11 is 0. The third kappa shape index (κ3) is 6.32. The summed E-state index contributed by atoms with van der Waals surface area (Å²) in [6.07, 6.45) is 2.20. The van der Waals surface area contributed by atoms with E-state index in [1.165, 1.54) is 4.90 Å². The van der Waals surface area contributed by atoms with Crippen molar-refractivity contribution in [2.24, 2.45) is 0 Å². The molecule has 0 aliphatic carbocycles. The number of pyridine rings is 2. The van der Waals surface area contributed by atoms with Gasteiger partial charge in [-0.2, -0.15) is 0 Å². The van der Waals surface area contributed by atoms with E-state index in [-0.39, 0.29) is 18.2 Å². The van der Waals surface area contributed by atoms with E-state index < -0.39 is 17.6 Å². The van der Waals surface area contributed by atoms with Gasteiger partial charge in [0.15, 0.2) is 0 Å². The lowest BCUT2D eigenvalue weighted by atomic mass is 10.0. The Labute approximate surface area is 216 Å². The Morgan fingerprint density at radius 1 is 1.22 bits per heavy atom. The number of hydrogen-bond acceptors (Lipinski definition) is 6. The van der Waals surface area contributed by atoms with Crippen LogP contribution >= 0.6 is 0 Å². The molecule has 0 bridgehead atoms. The molecule has 3 heterocycles. The molecule has 4 rings (SSSR count). The highest BCUT2D eigenvalue weighted by atomic mass is 16.5. The summed E-state index contributed by atoms with van der Waals surface area (Å²) in [5, 5.41) is 12.6. The molecule has 2 aromatic heterocycles. The molecule has 3 aromatic rings. The molecule has 1 aliphatic rings. The van der Waals surface area contributed by atoms with Gasteiger partial charge in [-0.3, -0.25) is 19.6 Å². The number of ether oxygens (including phenoxy) is 1. The van der Waals surface area contributed by atoms with E-state index in [0.29, 0.717) is 23.4 Å². The van der Waals surface area contributed by atoms with Gasteiger partial charge in [0.25, 0.3) is 11.8 Å². The standard InChI is InChI=1S/C29H30N4O4/c1-18-6-8-22(19(2)31-18)14-21-11-13-30-23(15-21)27(34)32-24-17-37-26-9-7-20(10-12-29(3,4)36)16-25(26)33(5)28(24)35/h6-9,11,13,15-16,24,36H,14,17H2,1-5H3,(H,32,34). The second kappa shape index (κ2) is 10.4. The molecule has 0 saturated carbocycles. The Hall–Kier alpha value is -4.22. The molecule has 0 fully saturated rings. The van der Waals surface area contributed by atoms with E-state index in [1.54, 1.807) is 51.4 Å². The number of anilines is 1. The van der Waals surface area contributed by atoms with Crippen LogP contribution in [0.2, 0.25) is 0 Å². The third-order valence-corrected chi connectivity index (χ3v) is 5.96. The van der Waals surface area contributed by atoms with Crippen LogP contribution in [0.3, 0.4) is 0 Å².